The van der Waals surface area contributed by atoms with Gasteiger partial charge in [-0.2, -0.15) is 0 Å². The van der Waals surface area contributed by atoms with Crippen LogP contribution in [0.4, 0.5) is 0 Å². The van der Waals surface area contributed by atoms with Crippen molar-refractivity contribution in [2.45, 2.75) is 18.9 Å². The Morgan fingerprint density at radius 3 is 3.04 bits per heavy atom. The van der Waals surface area contributed by atoms with Gasteiger partial charge in [0, 0.05) is 47.4 Å². The fourth-order valence-electron chi connectivity index (χ4n) is 3.42. The molecule has 2 unspecified atom stereocenters. The highest BCUT2D eigenvalue weighted by molar-refractivity contribution is 7.10. The third kappa shape index (κ3) is 3.61. The van der Waals surface area contributed by atoms with Gasteiger partial charge in [0.1, 0.15) is 0 Å². The van der Waals surface area contributed by atoms with Crippen molar-refractivity contribution in [2.24, 2.45) is 5.92 Å². The Hall–Kier alpha value is -2.15. The summed E-state index contributed by atoms with van der Waals surface area (Å²) in [5.41, 5.74) is 8.85. The van der Waals surface area contributed by atoms with E-state index in [4.69, 9.17) is 0 Å². The third-order valence-electron chi connectivity index (χ3n) is 4.80. The minimum absolute atomic E-state index is 0.113. The van der Waals surface area contributed by atoms with Crippen molar-refractivity contribution in [1.82, 2.24) is 21.2 Å². The summed E-state index contributed by atoms with van der Waals surface area (Å²) < 4.78 is 0. The first-order valence-electron chi connectivity index (χ1n) is 8.65. The van der Waals surface area contributed by atoms with Crippen molar-refractivity contribution in [3.8, 4) is 0 Å². The first-order valence-corrected chi connectivity index (χ1v) is 9.53. The van der Waals surface area contributed by atoms with E-state index in [9.17, 15) is 4.79 Å². The van der Waals surface area contributed by atoms with Crippen molar-refractivity contribution < 1.29 is 4.79 Å². The number of aromatic amines is 1. The molecule has 3 aromatic rings. The van der Waals surface area contributed by atoms with E-state index in [1.54, 1.807) is 11.3 Å². The molecule has 130 valence electrons. The van der Waals surface area contributed by atoms with Crippen molar-refractivity contribution >= 4 is 28.1 Å². The Morgan fingerprint density at radius 2 is 2.16 bits per heavy atom. The minimum Gasteiger partial charge on any atom is -0.361 e. The molecule has 0 radical (unpaired) electrons. The number of fused-ring (bicyclic) bond motifs is 1. The van der Waals surface area contributed by atoms with Crippen LogP contribution in [0.3, 0.4) is 0 Å². The van der Waals surface area contributed by atoms with Crippen LogP contribution in [0, 0.1) is 5.92 Å². The van der Waals surface area contributed by atoms with Crippen LogP contribution in [0.25, 0.3) is 10.9 Å². The molecule has 0 spiro atoms. The monoisotopic (exact) mass is 354 g/mol. The summed E-state index contributed by atoms with van der Waals surface area (Å²) in [5, 5.41) is 6.40. The fourth-order valence-corrected chi connectivity index (χ4v) is 4.29. The van der Waals surface area contributed by atoms with Gasteiger partial charge in [0.05, 0.1) is 6.04 Å². The number of carbonyl (C=O) groups excluding carboxylic acids is 1. The normalized spacial score (nSPS) is 20.2. The van der Waals surface area contributed by atoms with Crippen LogP contribution in [0.2, 0.25) is 0 Å². The molecule has 3 heterocycles. The van der Waals surface area contributed by atoms with Gasteiger partial charge >= 0.3 is 0 Å². The maximum Gasteiger partial charge on any atom is 0.220 e. The summed E-state index contributed by atoms with van der Waals surface area (Å²) in [4.78, 5) is 16.8. The lowest BCUT2D eigenvalue weighted by atomic mass is 10.0. The zero-order valence-electron chi connectivity index (χ0n) is 13.9. The van der Waals surface area contributed by atoms with Gasteiger partial charge in [-0.15, -0.1) is 11.3 Å². The van der Waals surface area contributed by atoms with Crippen LogP contribution in [0.15, 0.2) is 48.0 Å². The molecule has 25 heavy (non-hydrogen) atoms. The molecular formula is C19H22N4OS. The van der Waals surface area contributed by atoms with Crippen molar-refractivity contribution in [3.05, 3.63) is 58.4 Å². The number of benzene rings is 1. The summed E-state index contributed by atoms with van der Waals surface area (Å²) in [7, 11) is 0. The molecule has 0 aliphatic carbocycles. The lowest BCUT2D eigenvalue weighted by Gasteiger charge is -2.17. The van der Waals surface area contributed by atoms with E-state index < -0.39 is 0 Å². The van der Waals surface area contributed by atoms with Crippen molar-refractivity contribution in [2.75, 3.05) is 13.1 Å². The number of nitrogens with one attached hydrogen (secondary N) is 4. The maximum atomic E-state index is 12.3. The molecule has 5 nitrogen and oxygen atoms in total. The highest BCUT2D eigenvalue weighted by Crippen LogP contribution is 2.27. The molecular weight excluding hydrogens is 332 g/mol. The number of para-hydroxylation sites is 1. The van der Waals surface area contributed by atoms with Crippen LogP contribution < -0.4 is 16.2 Å². The molecule has 1 fully saturated rings. The molecule has 4 N–H and O–H groups in total. The topological polar surface area (TPSA) is 69.0 Å². The second-order valence-corrected chi connectivity index (χ2v) is 7.42. The Labute approximate surface area is 150 Å². The highest BCUT2D eigenvalue weighted by atomic mass is 32.1. The molecule has 0 saturated carbocycles. The SMILES string of the molecule is O=C(CCc1c[nH]c2ccccc12)NCC1CNNC1c1cccs1. The van der Waals surface area contributed by atoms with E-state index in [-0.39, 0.29) is 11.9 Å². The number of thiophene rings is 1. The Morgan fingerprint density at radius 1 is 1.24 bits per heavy atom. The van der Waals surface area contributed by atoms with Gasteiger partial charge in [-0.25, -0.2) is 5.43 Å². The molecule has 1 aliphatic rings. The minimum atomic E-state index is 0.113. The highest BCUT2D eigenvalue weighted by Gasteiger charge is 2.29. The molecule has 1 aliphatic heterocycles. The number of H-pyrrole nitrogens is 1. The Balaban J connectivity index is 1.29. The number of carbonyl (C=O) groups is 1. The van der Waals surface area contributed by atoms with Crippen LogP contribution >= 0.6 is 11.3 Å². The third-order valence-corrected chi connectivity index (χ3v) is 5.76. The number of aromatic nitrogens is 1. The number of amides is 1. The first-order chi connectivity index (χ1) is 12.3. The van der Waals surface area contributed by atoms with Crippen LogP contribution in [0.5, 0.6) is 0 Å². The van der Waals surface area contributed by atoms with Gasteiger partial charge in [0.25, 0.3) is 0 Å². The van der Waals surface area contributed by atoms with Crippen molar-refractivity contribution in [3.63, 3.8) is 0 Å². The average Bonchev–Trinajstić information content (AvgIpc) is 3.38. The second-order valence-electron chi connectivity index (χ2n) is 6.44. The van der Waals surface area contributed by atoms with E-state index in [1.165, 1.54) is 15.8 Å². The van der Waals surface area contributed by atoms with Gasteiger partial charge in [0.2, 0.25) is 5.91 Å². The summed E-state index contributed by atoms with van der Waals surface area (Å²) in [5.74, 6) is 0.484. The maximum absolute atomic E-state index is 12.3. The predicted molar refractivity (Wildman–Crippen MR) is 101 cm³/mol. The lowest BCUT2D eigenvalue weighted by Crippen LogP contribution is -2.32. The molecule has 1 aromatic carbocycles. The smallest absolute Gasteiger partial charge is 0.220 e. The summed E-state index contributed by atoms with van der Waals surface area (Å²) >= 11 is 1.75. The average molecular weight is 354 g/mol. The summed E-state index contributed by atoms with van der Waals surface area (Å²) in [6, 6.07) is 12.7. The second kappa shape index (κ2) is 7.39. The van der Waals surface area contributed by atoms with E-state index in [0.717, 1.165) is 18.5 Å². The van der Waals surface area contributed by atoms with E-state index in [1.807, 2.05) is 18.3 Å². The van der Waals surface area contributed by atoms with Gasteiger partial charge in [-0.1, -0.05) is 24.3 Å². The zero-order valence-corrected chi connectivity index (χ0v) is 14.7. The molecule has 4 rings (SSSR count). The van der Waals surface area contributed by atoms with Crippen LogP contribution in [-0.4, -0.2) is 24.0 Å². The largest absolute Gasteiger partial charge is 0.361 e. The lowest BCUT2D eigenvalue weighted by molar-refractivity contribution is -0.121. The Kier molecular flexibility index (Phi) is 4.83. The molecule has 2 atom stereocenters. The van der Waals surface area contributed by atoms with Gasteiger partial charge in [-0.3, -0.25) is 10.2 Å². The van der Waals surface area contributed by atoms with Crippen molar-refractivity contribution in [1.29, 1.82) is 0 Å². The fraction of sp³-hybridized carbons (Fsp3) is 0.316. The number of hydrogen-bond acceptors (Lipinski definition) is 4. The first kappa shape index (κ1) is 16.3. The van der Waals surface area contributed by atoms with E-state index in [2.05, 4.69) is 50.8 Å². The van der Waals surface area contributed by atoms with Gasteiger partial charge in [-0.05, 0) is 29.5 Å². The van der Waals surface area contributed by atoms with E-state index in [0.29, 0.717) is 18.9 Å². The van der Waals surface area contributed by atoms with Gasteiger partial charge in [0.15, 0.2) is 0 Å². The van der Waals surface area contributed by atoms with E-state index >= 15 is 0 Å². The number of rotatable bonds is 6. The molecule has 1 saturated heterocycles. The number of hydrogen-bond donors (Lipinski definition) is 4. The Bertz CT molecular complexity index is 842. The van der Waals surface area contributed by atoms with Gasteiger partial charge < -0.3 is 10.3 Å². The van der Waals surface area contributed by atoms with Crippen LogP contribution in [-0.2, 0) is 11.2 Å². The molecule has 2 aromatic heterocycles. The molecule has 6 heteroatoms. The standard InChI is InChI=1S/C19H22N4OS/c24-18(8-7-13-10-20-16-5-2-1-4-15(13)16)21-11-14-12-22-23-19(14)17-6-3-9-25-17/h1-6,9-10,14,19-20,22-23H,7-8,11-12H2,(H,21,24). The summed E-state index contributed by atoms with van der Waals surface area (Å²) in [6.07, 6.45) is 3.28. The van der Waals surface area contributed by atoms with Crippen LogP contribution in [0.1, 0.15) is 22.9 Å². The molecule has 0 bridgehead atoms. The quantitative estimate of drug-likeness (QED) is 0.550. The number of hydrazine groups is 1. The summed E-state index contributed by atoms with van der Waals surface area (Å²) in [6.45, 7) is 1.56. The predicted octanol–water partition coefficient (Wildman–Crippen LogP) is 2.74. The number of aryl methyl sites for hydroxylation is 1. The zero-order chi connectivity index (χ0) is 17.1. The molecule has 1 amide bonds.